The molecule has 0 amide bonds. The van der Waals surface area contributed by atoms with E-state index in [-0.39, 0.29) is 24.0 Å². The van der Waals surface area contributed by atoms with E-state index in [2.05, 4.69) is 39.9 Å². The molecule has 1 aromatic carbocycles. The SMILES string of the molecule is I.c1ccc(CCNC(=NCc2ccco2)NCCc2ccco2)cc1. The van der Waals surface area contributed by atoms with E-state index < -0.39 is 0 Å². The minimum atomic E-state index is 0. The van der Waals surface area contributed by atoms with Crippen LogP contribution in [-0.2, 0) is 19.4 Å². The second-order valence-electron chi connectivity index (χ2n) is 5.66. The van der Waals surface area contributed by atoms with Crippen LogP contribution in [0.15, 0.2) is 81.0 Å². The number of nitrogens with one attached hydrogen (secondary N) is 2. The van der Waals surface area contributed by atoms with Crippen molar-refractivity contribution in [1.82, 2.24) is 10.6 Å². The first-order valence-electron chi connectivity index (χ1n) is 8.51. The van der Waals surface area contributed by atoms with Gasteiger partial charge in [0.2, 0.25) is 0 Å². The summed E-state index contributed by atoms with van der Waals surface area (Å²) in [4.78, 5) is 4.59. The molecule has 0 radical (unpaired) electrons. The molecule has 2 heterocycles. The van der Waals surface area contributed by atoms with Gasteiger partial charge < -0.3 is 19.5 Å². The highest BCUT2D eigenvalue weighted by Crippen LogP contribution is 2.02. The van der Waals surface area contributed by atoms with E-state index in [1.165, 1.54) is 5.56 Å². The molecule has 0 bridgehead atoms. The van der Waals surface area contributed by atoms with Gasteiger partial charge in [-0.05, 0) is 36.2 Å². The molecule has 2 aromatic heterocycles. The summed E-state index contributed by atoms with van der Waals surface area (Å²) in [6.45, 7) is 2.08. The van der Waals surface area contributed by atoms with Gasteiger partial charge in [-0.2, -0.15) is 0 Å². The molecule has 0 aliphatic carbocycles. The lowest BCUT2D eigenvalue weighted by Crippen LogP contribution is -2.39. The minimum absolute atomic E-state index is 0. The highest BCUT2D eigenvalue weighted by Gasteiger charge is 2.02. The van der Waals surface area contributed by atoms with Crippen molar-refractivity contribution in [2.75, 3.05) is 13.1 Å². The molecule has 0 saturated heterocycles. The van der Waals surface area contributed by atoms with Crippen LogP contribution in [-0.4, -0.2) is 19.0 Å². The molecule has 0 saturated carbocycles. The maximum atomic E-state index is 5.36. The fourth-order valence-electron chi connectivity index (χ4n) is 2.46. The third-order valence-corrected chi connectivity index (χ3v) is 3.77. The Balaban J connectivity index is 0.00000243. The summed E-state index contributed by atoms with van der Waals surface area (Å²) in [6.07, 6.45) is 5.12. The molecule has 0 aliphatic heterocycles. The maximum Gasteiger partial charge on any atom is 0.191 e. The van der Waals surface area contributed by atoms with Crippen LogP contribution >= 0.6 is 24.0 Å². The predicted molar refractivity (Wildman–Crippen MR) is 114 cm³/mol. The largest absolute Gasteiger partial charge is 0.469 e. The summed E-state index contributed by atoms with van der Waals surface area (Å²) in [5.74, 6) is 2.58. The molecule has 0 fully saturated rings. The van der Waals surface area contributed by atoms with Gasteiger partial charge in [0.25, 0.3) is 0 Å². The Bertz CT molecular complexity index is 741. The fourth-order valence-corrected chi connectivity index (χ4v) is 2.46. The highest BCUT2D eigenvalue weighted by molar-refractivity contribution is 14.0. The van der Waals surface area contributed by atoms with Crippen molar-refractivity contribution in [3.05, 3.63) is 84.2 Å². The van der Waals surface area contributed by atoms with Gasteiger partial charge in [0.05, 0.1) is 12.5 Å². The average Bonchev–Trinajstić information content (AvgIpc) is 3.34. The number of hydrogen-bond acceptors (Lipinski definition) is 3. The molecule has 6 heteroatoms. The molecule has 0 aliphatic rings. The Labute approximate surface area is 170 Å². The summed E-state index contributed by atoms with van der Waals surface area (Å²) in [6, 6.07) is 18.1. The van der Waals surface area contributed by atoms with Crippen molar-refractivity contribution in [2.24, 2.45) is 4.99 Å². The first-order chi connectivity index (χ1) is 12.4. The van der Waals surface area contributed by atoms with Crippen molar-refractivity contribution in [3.8, 4) is 0 Å². The number of halogens is 1. The number of furan rings is 2. The van der Waals surface area contributed by atoms with E-state index in [4.69, 9.17) is 8.83 Å². The van der Waals surface area contributed by atoms with Crippen molar-refractivity contribution in [2.45, 2.75) is 19.4 Å². The first-order valence-corrected chi connectivity index (χ1v) is 8.51. The van der Waals surface area contributed by atoms with Crippen LogP contribution in [0, 0.1) is 0 Å². The predicted octanol–water partition coefficient (Wildman–Crippen LogP) is 4.01. The van der Waals surface area contributed by atoms with E-state index in [1.807, 2.05) is 30.3 Å². The van der Waals surface area contributed by atoms with Crippen molar-refractivity contribution in [1.29, 1.82) is 0 Å². The van der Waals surface area contributed by atoms with E-state index in [1.54, 1.807) is 12.5 Å². The molecule has 26 heavy (non-hydrogen) atoms. The first kappa shape index (κ1) is 20.1. The highest BCUT2D eigenvalue weighted by atomic mass is 127. The minimum Gasteiger partial charge on any atom is -0.469 e. The third kappa shape index (κ3) is 6.95. The van der Waals surface area contributed by atoms with Gasteiger partial charge in [0.15, 0.2) is 5.96 Å². The lowest BCUT2D eigenvalue weighted by atomic mass is 10.1. The van der Waals surface area contributed by atoms with Crippen molar-refractivity contribution >= 4 is 29.9 Å². The van der Waals surface area contributed by atoms with E-state index >= 15 is 0 Å². The summed E-state index contributed by atoms with van der Waals surface area (Å²) in [5.41, 5.74) is 1.30. The second-order valence-corrected chi connectivity index (χ2v) is 5.66. The zero-order chi connectivity index (χ0) is 17.2. The zero-order valence-electron chi connectivity index (χ0n) is 14.6. The smallest absolute Gasteiger partial charge is 0.191 e. The maximum absolute atomic E-state index is 5.36. The number of benzene rings is 1. The fraction of sp³-hybridized carbons (Fsp3) is 0.250. The topological polar surface area (TPSA) is 62.7 Å². The number of hydrogen-bond donors (Lipinski definition) is 2. The number of rotatable bonds is 8. The quantitative estimate of drug-likeness (QED) is 0.300. The third-order valence-electron chi connectivity index (χ3n) is 3.77. The summed E-state index contributed by atoms with van der Waals surface area (Å²) in [5, 5.41) is 6.72. The summed E-state index contributed by atoms with van der Waals surface area (Å²) in [7, 11) is 0. The van der Waals surface area contributed by atoms with Gasteiger partial charge in [-0.25, -0.2) is 4.99 Å². The van der Waals surface area contributed by atoms with Gasteiger partial charge in [-0.15, -0.1) is 24.0 Å². The molecular weight excluding hydrogens is 441 g/mol. The van der Waals surface area contributed by atoms with Gasteiger partial charge >= 0.3 is 0 Å². The number of guanidine groups is 1. The molecule has 5 nitrogen and oxygen atoms in total. The molecule has 0 spiro atoms. The Morgan fingerprint density at radius 3 is 2.08 bits per heavy atom. The molecule has 0 unspecified atom stereocenters. The van der Waals surface area contributed by atoms with Gasteiger partial charge in [-0.1, -0.05) is 30.3 Å². The summed E-state index contributed by atoms with van der Waals surface area (Å²) < 4.78 is 10.7. The molecule has 0 atom stereocenters. The van der Waals surface area contributed by atoms with E-state index in [9.17, 15) is 0 Å². The van der Waals surface area contributed by atoms with Gasteiger partial charge in [0, 0.05) is 19.5 Å². The van der Waals surface area contributed by atoms with Crippen LogP contribution in [0.5, 0.6) is 0 Å². The zero-order valence-corrected chi connectivity index (χ0v) is 16.9. The molecule has 2 N–H and O–H groups in total. The summed E-state index contributed by atoms with van der Waals surface area (Å²) >= 11 is 0. The van der Waals surface area contributed by atoms with Crippen LogP contribution in [0.4, 0.5) is 0 Å². The second kappa shape index (κ2) is 11.4. The Hall–Kier alpha value is -2.22. The van der Waals surface area contributed by atoms with E-state index in [0.717, 1.165) is 43.4 Å². The number of nitrogens with zero attached hydrogens (tertiary/aromatic N) is 1. The van der Waals surface area contributed by atoms with Crippen LogP contribution < -0.4 is 10.6 Å². The Morgan fingerprint density at radius 1 is 0.769 bits per heavy atom. The average molecular weight is 465 g/mol. The lowest BCUT2D eigenvalue weighted by Gasteiger charge is -2.12. The number of aliphatic imine (C=N–C) groups is 1. The Morgan fingerprint density at radius 2 is 1.42 bits per heavy atom. The standard InChI is InChI=1S/C20H23N3O2.HI/c1-2-6-17(7-3-1)10-12-21-20(23-16-19-9-5-15-25-19)22-13-11-18-8-4-14-24-18;/h1-9,14-15H,10-13,16H2,(H2,21,22,23);1H. The molecular formula is C20H24IN3O2. The van der Waals surface area contributed by atoms with Crippen LogP contribution in [0.2, 0.25) is 0 Å². The van der Waals surface area contributed by atoms with Crippen LogP contribution in [0.25, 0.3) is 0 Å². The van der Waals surface area contributed by atoms with Gasteiger partial charge in [-0.3, -0.25) is 0 Å². The lowest BCUT2D eigenvalue weighted by molar-refractivity contribution is 0.505. The Kier molecular flexibility index (Phi) is 8.82. The van der Waals surface area contributed by atoms with Gasteiger partial charge in [0.1, 0.15) is 18.1 Å². The van der Waals surface area contributed by atoms with Crippen LogP contribution in [0.3, 0.4) is 0 Å². The van der Waals surface area contributed by atoms with Crippen molar-refractivity contribution in [3.63, 3.8) is 0 Å². The van der Waals surface area contributed by atoms with E-state index in [0.29, 0.717) is 6.54 Å². The van der Waals surface area contributed by atoms with Crippen LogP contribution in [0.1, 0.15) is 17.1 Å². The molecule has 138 valence electrons. The molecule has 3 aromatic rings. The normalized spacial score (nSPS) is 11.0. The molecule has 3 rings (SSSR count). The monoisotopic (exact) mass is 465 g/mol. The van der Waals surface area contributed by atoms with Crippen molar-refractivity contribution < 1.29 is 8.83 Å².